The molecular weight excluding hydrogens is 524 g/mol. The van der Waals surface area contributed by atoms with Crippen LogP contribution in [0, 0.1) is 0 Å². The van der Waals surface area contributed by atoms with Crippen molar-refractivity contribution in [2.45, 2.75) is 9.79 Å². The lowest BCUT2D eigenvalue weighted by molar-refractivity contribution is -0.108. The summed E-state index contributed by atoms with van der Waals surface area (Å²) in [6.07, 6.45) is 0. The Balaban J connectivity index is 1.81. The number of ketones is 1. The molecule has 4 aromatic rings. The molecule has 0 heterocycles. The minimum Gasteiger partial charge on any atom is -0.744 e. The third kappa shape index (κ3) is 4.75. The van der Waals surface area contributed by atoms with Gasteiger partial charge < -0.3 is 9.11 Å². The zero-order valence-electron chi connectivity index (χ0n) is 19.6. The first-order valence-electron chi connectivity index (χ1n) is 11.3. The molecule has 0 aliphatic heterocycles. The Morgan fingerprint density at radius 2 is 0.684 bits per heavy atom. The lowest BCUT2D eigenvalue weighted by atomic mass is 9.89. The van der Waals surface area contributed by atoms with Crippen LogP contribution in [0.15, 0.2) is 119 Å². The molecule has 190 valence electrons. The van der Waals surface area contributed by atoms with Gasteiger partial charge in [-0.1, -0.05) is 84.9 Å². The summed E-state index contributed by atoms with van der Waals surface area (Å²) in [5.74, 6) is -0.377. The van der Waals surface area contributed by atoms with Crippen molar-refractivity contribution < 1.29 is 30.7 Å². The van der Waals surface area contributed by atoms with E-state index in [1.807, 2.05) is 60.7 Å². The summed E-state index contributed by atoms with van der Waals surface area (Å²) in [4.78, 5) is 13.3. The normalized spacial score (nSPS) is 14.3. The second-order valence-corrected chi connectivity index (χ2v) is 11.3. The summed E-state index contributed by atoms with van der Waals surface area (Å²) >= 11 is 0. The maximum atomic E-state index is 14.2. The molecule has 0 saturated heterocycles. The summed E-state index contributed by atoms with van der Waals surface area (Å²) in [6.45, 7) is 0. The average molecular weight is 543 g/mol. The highest BCUT2D eigenvalue weighted by atomic mass is 32.2. The van der Waals surface area contributed by atoms with Crippen LogP contribution < -0.4 is 0 Å². The maximum Gasteiger partial charge on any atom is 0.195 e. The fourth-order valence-electron chi connectivity index (χ4n) is 4.52. The van der Waals surface area contributed by atoms with E-state index in [0.29, 0.717) is 33.4 Å². The van der Waals surface area contributed by atoms with Crippen LogP contribution in [0.25, 0.3) is 22.3 Å². The van der Waals surface area contributed by atoms with Crippen molar-refractivity contribution in [2.75, 3.05) is 0 Å². The SMILES string of the molecule is O=C1C(c2ccc(S(=O)(=O)[O-])cc2)=C(c2ccccc2)C(c2ccccc2)=C1c1ccc(S(=O)(=O)[O-])cc1. The summed E-state index contributed by atoms with van der Waals surface area (Å²) in [5.41, 5.74) is 4.03. The van der Waals surface area contributed by atoms with Crippen molar-refractivity contribution >= 4 is 48.3 Å². The van der Waals surface area contributed by atoms with Gasteiger partial charge in [-0.3, -0.25) is 4.79 Å². The second-order valence-electron chi connectivity index (χ2n) is 8.52. The van der Waals surface area contributed by atoms with Crippen LogP contribution in [-0.2, 0) is 25.0 Å². The fraction of sp³-hybridized carbons (Fsp3) is 0. The van der Waals surface area contributed by atoms with Gasteiger partial charge in [0.1, 0.15) is 20.2 Å². The molecule has 0 aromatic heterocycles. The molecule has 0 unspecified atom stereocenters. The first-order valence-corrected chi connectivity index (χ1v) is 14.1. The highest BCUT2D eigenvalue weighted by Crippen LogP contribution is 2.49. The number of carbonyl (C=O) groups excluding carboxylic acids is 1. The zero-order valence-corrected chi connectivity index (χ0v) is 21.2. The molecule has 7 nitrogen and oxygen atoms in total. The second kappa shape index (κ2) is 9.62. The summed E-state index contributed by atoms with van der Waals surface area (Å²) in [7, 11) is -9.36. The van der Waals surface area contributed by atoms with E-state index in [1.165, 1.54) is 24.3 Å². The topological polar surface area (TPSA) is 131 Å². The first kappa shape index (κ1) is 25.5. The largest absolute Gasteiger partial charge is 0.744 e. The van der Waals surface area contributed by atoms with Gasteiger partial charge in [0.25, 0.3) is 0 Å². The van der Waals surface area contributed by atoms with Gasteiger partial charge in [-0.25, -0.2) is 16.8 Å². The van der Waals surface area contributed by atoms with Gasteiger partial charge in [0, 0.05) is 22.3 Å². The lowest BCUT2D eigenvalue weighted by Crippen LogP contribution is -2.04. The van der Waals surface area contributed by atoms with Crippen molar-refractivity contribution in [1.82, 2.24) is 0 Å². The predicted molar refractivity (Wildman–Crippen MR) is 140 cm³/mol. The van der Waals surface area contributed by atoms with Gasteiger partial charge in [0.2, 0.25) is 0 Å². The maximum absolute atomic E-state index is 14.2. The molecule has 0 amide bonds. The number of benzene rings is 4. The molecule has 4 aromatic carbocycles. The Bertz CT molecular complexity index is 1680. The minimum atomic E-state index is -4.68. The Labute approximate surface area is 219 Å². The van der Waals surface area contributed by atoms with Gasteiger partial charge in [0.15, 0.2) is 5.78 Å². The van der Waals surface area contributed by atoms with E-state index in [2.05, 4.69) is 0 Å². The van der Waals surface area contributed by atoms with Crippen LogP contribution in [0.3, 0.4) is 0 Å². The number of hydrogen-bond donors (Lipinski definition) is 0. The summed E-state index contributed by atoms with van der Waals surface area (Å²) in [5, 5.41) is 0. The molecule has 38 heavy (non-hydrogen) atoms. The van der Waals surface area contributed by atoms with Gasteiger partial charge in [-0.2, -0.15) is 0 Å². The minimum absolute atomic E-state index is 0.292. The molecular formula is C29H18O7S2-2. The predicted octanol–water partition coefficient (Wildman–Crippen LogP) is 4.60. The van der Waals surface area contributed by atoms with Crippen LogP contribution in [0.2, 0.25) is 0 Å². The first-order chi connectivity index (χ1) is 18.1. The Morgan fingerprint density at radius 1 is 0.395 bits per heavy atom. The van der Waals surface area contributed by atoms with Crippen LogP contribution in [0.5, 0.6) is 0 Å². The molecule has 0 fully saturated rings. The Kier molecular flexibility index (Phi) is 6.46. The molecule has 0 spiro atoms. The smallest absolute Gasteiger partial charge is 0.195 e. The molecule has 0 saturated carbocycles. The van der Waals surface area contributed by atoms with Gasteiger partial charge in [-0.15, -0.1) is 0 Å². The quantitative estimate of drug-likeness (QED) is 0.325. The monoisotopic (exact) mass is 542 g/mol. The van der Waals surface area contributed by atoms with Crippen molar-refractivity contribution in [1.29, 1.82) is 0 Å². The van der Waals surface area contributed by atoms with Crippen molar-refractivity contribution in [2.24, 2.45) is 0 Å². The zero-order chi connectivity index (χ0) is 27.1. The van der Waals surface area contributed by atoms with E-state index in [-0.39, 0.29) is 5.78 Å². The van der Waals surface area contributed by atoms with E-state index in [4.69, 9.17) is 0 Å². The Hall–Kier alpha value is -4.15. The third-order valence-electron chi connectivity index (χ3n) is 6.19. The van der Waals surface area contributed by atoms with Crippen LogP contribution >= 0.6 is 0 Å². The molecule has 1 aliphatic carbocycles. The van der Waals surface area contributed by atoms with E-state index >= 15 is 0 Å². The molecule has 1 aliphatic rings. The number of allylic oxidation sites excluding steroid dienone is 4. The van der Waals surface area contributed by atoms with E-state index in [0.717, 1.165) is 35.4 Å². The number of rotatable bonds is 6. The average Bonchev–Trinajstić information content (AvgIpc) is 3.21. The third-order valence-corrected chi connectivity index (χ3v) is 7.89. The summed E-state index contributed by atoms with van der Waals surface area (Å²) < 4.78 is 68.9. The van der Waals surface area contributed by atoms with E-state index in [1.54, 1.807) is 0 Å². The van der Waals surface area contributed by atoms with Crippen LogP contribution in [-0.4, -0.2) is 31.7 Å². The van der Waals surface area contributed by atoms with E-state index in [9.17, 15) is 30.7 Å². The number of Topliss-reactive ketones (excluding diaryl/α,β-unsaturated/α-hetero) is 1. The molecule has 5 rings (SSSR count). The summed E-state index contributed by atoms with van der Waals surface area (Å²) in [6, 6.07) is 28.7. The standard InChI is InChI=1S/C29H20O7S2/c30-29-27(21-11-15-23(16-12-21)37(31,32)33)25(19-7-3-1-4-8-19)26(20-9-5-2-6-10-20)28(29)22-13-17-24(18-14-22)38(34,35)36/h1-18H,(H,31,32,33)(H,34,35,36)/p-2. The van der Waals surface area contributed by atoms with Crippen LogP contribution in [0.1, 0.15) is 22.3 Å². The van der Waals surface area contributed by atoms with Gasteiger partial charge in [0.05, 0.1) is 9.79 Å². The lowest BCUT2D eigenvalue weighted by Gasteiger charge is -2.14. The molecule has 0 radical (unpaired) electrons. The molecule has 0 N–H and O–H groups in total. The fourth-order valence-corrected chi connectivity index (χ4v) is 5.46. The van der Waals surface area contributed by atoms with Crippen LogP contribution in [0.4, 0.5) is 0 Å². The van der Waals surface area contributed by atoms with Crippen molar-refractivity contribution in [3.63, 3.8) is 0 Å². The van der Waals surface area contributed by atoms with Crippen molar-refractivity contribution in [3.05, 3.63) is 131 Å². The number of hydrogen-bond acceptors (Lipinski definition) is 7. The molecule has 0 bridgehead atoms. The molecule has 0 atom stereocenters. The Morgan fingerprint density at radius 3 is 0.974 bits per heavy atom. The highest BCUT2D eigenvalue weighted by Gasteiger charge is 2.35. The van der Waals surface area contributed by atoms with Gasteiger partial charge >= 0.3 is 0 Å². The highest BCUT2D eigenvalue weighted by molar-refractivity contribution is 7.86. The van der Waals surface area contributed by atoms with E-state index < -0.39 is 30.0 Å². The van der Waals surface area contributed by atoms with Gasteiger partial charge in [-0.05, 0) is 46.5 Å². The van der Waals surface area contributed by atoms with Crippen molar-refractivity contribution in [3.8, 4) is 0 Å². The molecule has 9 heteroatoms. The number of carbonyl (C=O) groups is 1.